The molecule has 0 aromatic carbocycles. The summed E-state index contributed by atoms with van der Waals surface area (Å²) in [6.07, 6.45) is -15.5. The van der Waals surface area contributed by atoms with Crippen LogP contribution in [0.15, 0.2) is 0 Å². The number of phosphoric ester groups is 1. The van der Waals surface area contributed by atoms with E-state index in [4.69, 9.17) is 23.7 Å². The first-order chi connectivity index (χ1) is 20.0. The van der Waals surface area contributed by atoms with Gasteiger partial charge in [-0.25, -0.2) is 4.57 Å². The molecule has 250 valence electrons. The number of methoxy groups -OCH3 is 1. The van der Waals surface area contributed by atoms with Gasteiger partial charge >= 0.3 is 13.8 Å². The fraction of sp³-hybridized carbons (Fsp3) is 0.870. The molecule has 11 unspecified atom stereocenters. The lowest BCUT2D eigenvalue weighted by Crippen LogP contribution is -2.67. The summed E-state index contributed by atoms with van der Waals surface area (Å²) in [6, 6.07) is -2.83. The number of amides is 2. The van der Waals surface area contributed by atoms with Crippen LogP contribution in [0.4, 0.5) is 0 Å². The van der Waals surface area contributed by atoms with Crippen molar-refractivity contribution in [3.8, 4) is 0 Å². The lowest BCUT2D eigenvalue weighted by atomic mass is 9.95. The van der Waals surface area contributed by atoms with Crippen molar-refractivity contribution >= 4 is 25.6 Å². The maximum absolute atomic E-state index is 12.7. The Balaban J connectivity index is 2.21. The van der Waals surface area contributed by atoms with Crippen molar-refractivity contribution in [1.29, 1.82) is 0 Å². The molecule has 20 heteroatoms. The maximum atomic E-state index is 12.7. The fourth-order valence-electron chi connectivity index (χ4n) is 4.61. The van der Waals surface area contributed by atoms with Crippen molar-refractivity contribution in [2.75, 3.05) is 20.3 Å². The van der Waals surface area contributed by atoms with Gasteiger partial charge < -0.3 is 69.6 Å². The molecule has 0 spiro atoms. The molecule has 2 aliphatic heterocycles. The summed E-state index contributed by atoms with van der Waals surface area (Å²) in [6.45, 7) is 2.43. The zero-order chi connectivity index (χ0) is 32.6. The molecule has 0 aromatic heterocycles. The zero-order valence-electron chi connectivity index (χ0n) is 23.9. The van der Waals surface area contributed by atoms with Gasteiger partial charge in [0.2, 0.25) is 11.8 Å². The van der Waals surface area contributed by atoms with E-state index in [1.807, 2.05) is 0 Å². The Morgan fingerprint density at radius 2 is 1.47 bits per heavy atom. The average Bonchev–Trinajstić information content (AvgIpc) is 2.87. The molecule has 43 heavy (non-hydrogen) atoms. The van der Waals surface area contributed by atoms with Gasteiger partial charge in [-0.05, 0) is 13.8 Å². The number of rotatable bonds is 14. The second-order valence-electron chi connectivity index (χ2n) is 10.2. The average molecular weight is 649 g/mol. The van der Waals surface area contributed by atoms with E-state index in [0.717, 1.165) is 6.92 Å². The molecule has 0 aromatic rings. The van der Waals surface area contributed by atoms with E-state index >= 15 is 0 Å². The number of esters is 1. The largest absolute Gasteiger partial charge is 0.470 e. The van der Waals surface area contributed by atoms with Crippen molar-refractivity contribution < 1.29 is 82.5 Å². The van der Waals surface area contributed by atoms with E-state index in [1.165, 1.54) is 21.0 Å². The highest BCUT2D eigenvalue weighted by atomic mass is 31.2. The number of ether oxygens (including phenoxy) is 5. The number of nitrogens with one attached hydrogen (secondary N) is 2. The van der Waals surface area contributed by atoms with E-state index < -0.39 is 119 Å². The van der Waals surface area contributed by atoms with Crippen LogP contribution in [0.25, 0.3) is 0 Å². The smallest absolute Gasteiger partial charge is 0.462 e. The first kappa shape index (κ1) is 37.3. The zero-order valence-corrected chi connectivity index (χ0v) is 24.8. The molecule has 0 aliphatic carbocycles. The first-order valence-electron chi connectivity index (χ1n) is 13.3. The Hall–Kier alpha value is -1.84. The second kappa shape index (κ2) is 16.5. The van der Waals surface area contributed by atoms with Gasteiger partial charge in [0.1, 0.15) is 54.8 Å². The van der Waals surface area contributed by atoms with E-state index in [2.05, 4.69) is 15.2 Å². The van der Waals surface area contributed by atoms with Gasteiger partial charge in [0, 0.05) is 14.0 Å². The first-order valence-corrected chi connectivity index (χ1v) is 14.8. The molecule has 0 saturated carbocycles. The maximum Gasteiger partial charge on any atom is 0.470 e. The van der Waals surface area contributed by atoms with Crippen molar-refractivity contribution in [1.82, 2.24) is 10.6 Å². The van der Waals surface area contributed by atoms with Crippen molar-refractivity contribution in [3.63, 3.8) is 0 Å². The number of carbonyl (C=O) groups excluding carboxylic acids is 3. The lowest BCUT2D eigenvalue weighted by Gasteiger charge is -2.45. The Bertz CT molecular complexity index is 979. The molecule has 2 rings (SSSR count). The number of carbonyl (C=O) groups is 3. The summed E-state index contributed by atoms with van der Waals surface area (Å²) < 4.78 is 43.0. The van der Waals surface area contributed by atoms with Gasteiger partial charge in [-0.3, -0.25) is 18.9 Å². The Morgan fingerprint density at radius 3 is 1.98 bits per heavy atom. The van der Waals surface area contributed by atoms with Gasteiger partial charge in [0.05, 0.1) is 32.2 Å². The van der Waals surface area contributed by atoms with Crippen molar-refractivity contribution in [2.24, 2.45) is 0 Å². The number of aliphatic hydroxyl groups excluding tert-OH is 5. The van der Waals surface area contributed by atoms with Crippen LogP contribution >= 0.6 is 7.82 Å². The predicted octanol–water partition coefficient (Wildman–Crippen LogP) is -4.27. The van der Waals surface area contributed by atoms with Crippen LogP contribution in [0.2, 0.25) is 0 Å². The van der Waals surface area contributed by atoms with Crippen molar-refractivity contribution in [2.45, 2.75) is 107 Å². The third-order valence-corrected chi connectivity index (χ3v) is 6.96. The minimum absolute atomic E-state index is 0.296. The normalized spacial score (nSPS) is 34.6. The highest BCUT2D eigenvalue weighted by Crippen LogP contribution is 2.41. The predicted molar refractivity (Wildman–Crippen MR) is 138 cm³/mol. The monoisotopic (exact) mass is 648 g/mol. The van der Waals surface area contributed by atoms with Gasteiger partial charge in [-0.2, -0.15) is 0 Å². The SMILES string of the molecule is COC1OC(COC2OC(CO)C(OP(=O)(O)O)C(O)C2NC(=O)CC(C)OC(C)=O)C(O)C(O)C1NC(=O)C[C@@H](C)O. The molecule has 2 heterocycles. The highest BCUT2D eigenvalue weighted by molar-refractivity contribution is 7.46. The molecule has 2 amide bonds. The molecular weight excluding hydrogens is 607 g/mol. The van der Waals surface area contributed by atoms with Crippen LogP contribution in [-0.2, 0) is 47.2 Å². The summed E-state index contributed by atoms with van der Waals surface area (Å²) >= 11 is 0. The minimum atomic E-state index is -5.23. The molecule has 0 radical (unpaired) electrons. The van der Waals surface area contributed by atoms with E-state index in [1.54, 1.807) is 0 Å². The number of phosphoric acid groups is 1. The number of hydrogen-bond acceptors (Lipinski definition) is 15. The summed E-state index contributed by atoms with van der Waals surface area (Å²) in [5.74, 6) is -2.11. The van der Waals surface area contributed by atoms with Crippen LogP contribution in [0, 0.1) is 0 Å². The summed E-state index contributed by atoms with van der Waals surface area (Å²) in [5, 5.41) is 56.3. The fourth-order valence-corrected chi connectivity index (χ4v) is 5.19. The van der Waals surface area contributed by atoms with Gasteiger partial charge in [0.15, 0.2) is 12.6 Å². The number of hydrogen-bond donors (Lipinski definition) is 9. The molecule has 2 saturated heterocycles. The molecule has 9 N–H and O–H groups in total. The van der Waals surface area contributed by atoms with Gasteiger partial charge in [-0.1, -0.05) is 0 Å². The Kier molecular flexibility index (Phi) is 14.3. The molecule has 2 fully saturated rings. The molecule has 0 bridgehead atoms. The third-order valence-electron chi connectivity index (χ3n) is 6.45. The third kappa shape index (κ3) is 11.2. The van der Waals surface area contributed by atoms with Gasteiger partial charge in [0.25, 0.3) is 0 Å². The summed E-state index contributed by atoms with van der Waals surface area (Å²) in [7, 11) is -4.02. The van der Waals surface area contributed by atoms with Gasteiger partial charge in [-0.15, -0.1) is 0 Å². The van der Waals surface area contributed by atoms with Crippen molar-refractivity contribution in [3.05, 3.63) is 0 Å². The standard InChI is InChI=1S/C23H41N2O17P/c1-9(27)5-14(29)24-16-19(32)18(31)13(41-22(16)37-4)8-38-23-17(25-15(30)6-10(2)39-11(3)28)20(33)21(12(7-26)40-23)42-43(34,35)36/h9-10,12-13,16-23,26-27,31-33H,5-8H2,1-4H3,(H,24,29)(H,25,30)(H2,34,35,36)/t9-,10?,12?,13?,16?,17?,18?,19?,20?,21?,22?,23?/m1/s1. The quantitative estimate of drug-likeness (QED) is 0.0636. The Labute approximate surface area is 246 Å². The van der Waals surface area contributed by atoms with Crippen LogP contribution < -0.4 is 10.6 Å². The Morgan fingerprint density at radius 1 is 0.907 bits per heavy atom. The highest BCUT2D eigenvalue weighted by Gasteiger charge is 2.51. The molecule has 12 atom stereocenters. The molecule has 19 nitrogen and oxygen atoms in total. The van der Waals surface area contributed by atoms with Crippen LogP contribution in [-0.4, -0.2) is 147 Å². The molecule has 2 aliphatic rings. The van der Waals surface area contributed by atoms with Crippen LogP contribution in [0.5, 0.6) is 0 Å². The summed E-state index contributed by atoms with van der Waals surface area (Å²) in [5.41, 5.74) is 0. The van der Waals surface area contributed by atoms with Crippen LogP contribution in [0.3, 0.4) is 0 Å². The van der Waals surface area contributed by atoms with E-state index in [9.17, 15) is 54.3 Å². The van der Waals surface area contributed by atoms with E-state index in [-0.39, 0.29) is 6.42 Å². The minimum Gasteiger partial charge on any atom is -0.462 e. The van der Waals surface area contributed by atoms with Crippen LogP contribution in [0.1, 0.15) is 33.6 Å². The second-order valence-corrected chi connectivity index (χ2v) is 11.4. The molecular formula is C23H41N2O17P. The lowest BCUT2D eigenvalue weighted by molar-refractivity contribution is -0.299. The number of aliphatic hydroxyl groups is 5. The summed E-state index contributed by atoms with van der Waals surface area (Å²) in [4.78, 5) is 54.6. The topological polar surface area (TPSA) is 289 Å². The van der Waals surface area contributed by atoms with E-state index in [0.29, 0.717) is 0 Å².